The van der Waals surface area contributed by atoms with E-state index >= 15 is 0 Å². The monoisotopic (exact) mass is 268 g/mol. The van der Waals surface area contributed by atoms with E-state index in [0.29, 0.717) is 5.92 Å². The molecule has 0 bridgehead atoms. The van der Waals surface area contributed by atoms with E-state index in [4.69, 9.17) is 0 Å². The van der Waals surface area contributed by atoms with Crippen LogP contribution in [0.2, 0.25) is 0 Å². The van der Waals surface area contributed by atoms with Gasteiger partial charge in [-0.3, -0.25) is 4.79 Å². The van der Waals surface area contributed by atoms with Crippen molar-refractivity contribution in [3.05, 3.63) is 35.4 Å². The van der Waals surface area contributed by atoms with Gasteiger partial charge in [-0.1, -0.05) is 17.7 Å². The van der Waals surface area contributed by atoms with Crippen molar-refractivity contribution in [3.63, 3.8) is 0 Å². The molecule has 0 spiro atoms. The van der Waals surface area contributed by atoms with Crippen LogP contribution in [-0.2, 0) is 0 Å². The summed E-state index contributed by atoms with van der Waals surface area (Å²) in [6, 6.07) is 7.84. The lowest BCUT2D eigenvalue weighted by atomic mass is 10.1. The summed E-state index contributed by atoms with van der Waals surface area (Å²) in [5, 5.41) is 3.18. The zero-order chi connectivity index (χ0) is 12.3. The van der Waals surface area contributed by atoms with Crippen LogP contribution in [0.5, 0.6) is 0 Å². The first kappa shape index (κ1) is 15.0. The number of carbonyl (C=O) groups excluding carboxylic acids is 1. The van der Waals surface area contributed by atoms with Gasteiger partial charge in [0, 0.05) is 18.7 Å². The Balaban J connectivity index is 0.00000162. The van der Waals surface area contributed by atoms with Gasteiger partial charge in [0.05, 0.1) is 0 Å². The molecule has 1 aromatic rings. The van der Waals surface area contributed by atoms with Crippen LogP contribution in [0.3, 0.4) is 0 Å². The average Bonchev–Trinajstić information content (AvgIpc) is 2.77. The molecular weight excluding hydrogens is 248 g/mol. The highest BCUT2D eigenvalue weighted by Gasteiger charge is 2.26. The Bertz CT molecular complexity index is 409. The Labute approximate surface area is 115 Å². The van der Waals surface area contributed by atoms with E-state index in [9.17, 15) is 4.79 Å². The van der Waals surface area contributed by atoms with Gasteiger partial charge >= 0.3 is 0 Å². The van der Waals surface area contributed by atoms with Gasteiger partial charge in [-0.15, -0.1) is 12.4 Å². The zero-order valence-corrected chi connectivity index (χ0v) is 11.8. The Morgan fingerprint density at radius 3 is 2.94 bits per heavy atom. The van der Waals surface area contributed by atoms with Crippen LogP contribution in [0.1, 0.15) is 22.3 Å². The number of amides is 1. The summed E-state index contributed by atoms with van der Waals surface area (Å²) in [7, 11) is 1.96. The van der Waals surface area contributed by atoms with Gasteiger partial charge in [0.1, 0.15) is 0 Å². The molecule has 1 unspecified atom stereocenters. The first-order valence-corrected chi connectivity index (χ1v) is 6.21. The third-order valence-corrected chi connectivity index (χ3v) is 3.33. The second kappa shape index (κ2) is 6.76. The lowest BCUT2D eigenvalue weighted by molar-refractivity contribution is 0.0787. The van der Waals surface area contributed by atoms with Crippen molar-refractivity contribution < 1.29 is 4.79 Å². The molecule has 1 heterocycles. The van der Waals surface area contributed by atoms with Gasteiger partial charge in [-0.2, -0.15) is 0 Å². The Kier molecular flexibility index (Phi) is 5.63. The van der Waals surface area contributed by atoms with Gasteiger partial charge in [0.15, 0.2) is 0 Å². The van der Waals surface area contributed by atoms with Crippen molar-refractivity contribution in [2.45, 2.75) is 13.3 Å². The highest BCUT2D eigenvalue weighted by molar-refractivity contribution is 5.94. The van der Waals surface area contributed by atoms with Gasteiger partial charge in [0.2, 0.25) is 0 Å². The van der Waals surface area contributed by atoms with Crippen LogP contribution in [0, 0.1) is 12.8 Å². The molecule has 0 saturated carbocycles. The number of aryl methyl sites for hydroxylation is 1. The molecule has 0 aromatic heterocycles. The van der Waals surface area contributed by atoms with E-state index in [2.05, 4.69) is 5.32 Å². The molecule has 0 radical (unpaired) electrons. The van der Waals surface area contributed by atoms with Crippen molar-refractivity contribution in [3.8, 4) is 0 Å². The molecule has 0 aliphatic carbocycles. The SMILES string of the molecule is CNCC1CCN(C(=O)c2cccc(C)c2)C1.Cl. The minimum Gasteiger partial charge on any atom is -0.338 e. The molecule has 1 aliphatic heterocycles. The van der Waals surface area contributed by atoms with E-state index in [-0.39, 0.29) is 18.3 Å². The molecule has 18 heavy (non-hydrogen) atoms. The van der Waals surface area contributed by atoms with Gasteiger partial charge < -0.3 is 10.2 Å². The molecule has 3 nitrogen and oxygen atoms in total. The normalized spacial score (nSPS) is 18.6. The summed E-state index contributed by atoms with van der Waals surface area (Å²) in [5.41, 5.74) is 1.96. The lowest BCUT2D eigenvalue weighted by Gasteiger charge is -2.16. The summed E-state index contributed by atoms with van der Waals surface area (Å²) < 4.78 is 0. The molecule has 4 heteroatoms. The largest absolute Gasteiger partial charge is 0.338 e. The summed E-state index contributed by atoms with van der Waals surface area (Å²) in [6.07, 6.45) is 1.11. The van der Waals surface area contributed by atoms with Crippen LogP contribution in [-0.4, -0.2) is 37.5 Å². The first-order chi connectivity index (χ1) is 8.20. The maximum atomic E-state index is 12.3. The smallest absolute Gasteiger partial charge is 0.253 e. The highest BCUT2D eigenvalue weighted by Crippen LogP contribution is 2.18. The number of nitrogens with zero attached hydrogens (tertiary/aromatic N) is 1. The summed E-state index contributed by atoms with van der Waals surface area (Å²) in [6.45, 7) is 4.79. The second-order valence-electron chi connectivity index (χ2n) is 4.83. The van der Waals surface area contributed by atoms with Crippen molar-refractivity contribution in [1.82, 2.24) is 10.2 Å². The highest BCUT2D eigenvalue weighted by atomic mass is 35.5. The van der Waals surface area contributed by atoms with Gasteiger partial charge in [-0.05, 0) is 45.0 Å². The Morgan fingerprint density at radius 1 is 1.50 bits per heavy atom. The van der Waals surface area contributed by atoms with Crippen LogP contribution >= 0.6 is 12.4 Å². The zero-order valence-electron chi connectivity index (χ0n) is 11.0. The van der Waals surface area contributed by atoms with Crippen molar-refractivity contribution in [1.29, 1.82) is 0 Å². The Morgan fingerprint density at radius 2 is 2.28 bits per heavy atom. The number of rotatable bonds is 3. The number of hydrogen-bond donors (Lipinski definition) is 1. The number of benzene rings is 1. The summed E-state index contributed by atoms with van der Waals surface area (Å²) in [5.74, 6) is 0.779. The van der Waals surface area contributed by atoms with Crippen molar-refractivity contribution in [2.75, 3.05) is 26.7 Å². The maximum absolute atomic E-state index is 12.3. The van der Waals surface area contributed by atoms with Crippen LogP contribution in [0.15, 0.2) is 24.3 Å². The molecule has 100 valence electrons. The molecule has 1 fully saturated rings. The van der Waals surface area contributed by atoms with Gasteiger partial charge in [-0.25, -0.2) is 0 Å². The number of hydrogen-bond acceptors (Lipinski definition) is 2. The molecule has 1 amide bonds. The fraction of sp³-hybridized carbons (Fsp3) is 0.500. The quantitative estimate of drug-likeness (QED) is 0.911. The molecule has 2 rings (SSSR count). The number of carbonyl (C=O) groups is 1. The number of nitrogens with one attached hydrogen (secondary N) is 1. The molecule has 1 aliphatic rings. The molecule has 1 aromatic carbocycles. The Hall–Kier alpha value is -1.06. The van der Waals surface area contributed by atoms with E-state index in [1.54, 1.807) is 0 Å². The standard InChI is InChI=1S/C14H20N2O.ClH/c1-11-4-3-5-13(8-11)14(17)16-7-6-12(10-16)9-15-2;/h3-5,8,12,15H,6-7,9-10H2,1-2H3;1H. The van der Waals surface area contributed by atoms with Crippen LogP contribution < -0.4 is 5.32 Å². The average molecular weight is 269 g/mol. The fourth-order valence-electron chi connectivity index (χ4n) is 2.43. The summed E-state index contributed by atoms with van der Waals surface area (Å²) >= 11 is 0. The topological polar surface area (TPSA) is 32.3 Å². The predicted octanol–water partition coefficient (Wildman–Crippen LogP) is 2.10. The fourth-order valence-corrected chi connectivity index (χ4v) is 2.43. The maximum Gasteiger partial charge on any atom is 0.253 e. The third kappa shape index (κ3) is 3.47. The lowest BCUT2D eigenvalue weighted by Crippen LogP contribution is -2.30. The van der Waals surface area contributed by atoms with Crippen LogP contribution in [0.25, 0.3) is 0 Å². The third-order valence-electron chi connectivity index (χ3n) is 3.33. The van der Waals surface area contributed by atoms with Crippen molar-refractivity contribution in [2.24, 2.45) is 5.92 Å². The minimum absolute atomic E-state index is 0. The van der Waals surface area contributed by atoms with E-state index < -0.39 is 0 Å². The molecule has 1 saturated heterocycles. The van der Waals surface area contributed by atoms with E-state index in [0.717, 1.165) is 37.2 Å². The molecule has 1 atom stereocenters. The van der Waals surface area contributed by atoms with E-state index in [1.807, 2.05) is 43.1 Å². The number of halogens is 1. The van der Waals surface area contributed by atoms with Crippen LogP contribution in [0.4, 0.5) is 0 Å². The number of likely N-dealkylation sites (tertiary alicyclic amines) is 1. The predicted molar refractivity (Wildman–Crippen MR) is 76.4 cm³/mol. The van der Waals surface area contributed by atoms with Crippen molar-refractivity contribution >= 4 is 18.3 Å². The van der Waals surface area contributed by atoms with Gasteiger partial charge in [0.25, 0.3) is 5.91 Å². The molecular formula is C14H21ClN2O. The minimum atomic E-state index is 0. The molecule has 1 N–H and O–H groups in total. The second-order valence-corrected chi connectivity index (χ2v) is 4.83. The summed E-state index contributed by atoms with van der Waals surface area (Å²) in [4.78, 5) is 14.2. The first-order valence-electron chi connectivity index (χ1n) is 6.21. The van der Waals surface area contributed by atoms with E-state index in [1.165, 1.54) is 0 Å².